The highest BCUT2D eigenvalue weighted by atomic mass is 32.2. The topological polar surface area (TPSA) is 24.1 Å². The van der Waals surface area contributed by atoms with Crippen LogP contribution in [0.25, 0.3) is 0 Å². The molecule has 0 radical (unpaired) electrons. The van der Waals surface area contributed by atoms with Gasteiger partial charge >= 0.3 is 0 Å². The molecular weight excluding hydrogens is 144 g/mol. The minimum Gasteiger partial charge on any atom is -0.380 e. The Hall–Kier alpha value is -0.150. The van der Waals surface area contributed by atoms with Gasteiger partial charge in [0.05, 0.1) is 5.03 Å². The second-order valence-corrected chi connectivity index (χ2v) is 3.66. The van der Waals surface area contributed by atoms with E-state index in [4.69, 9.17) is 0 Å². The fourth-order valence-electron chi connectivity index (χ4n) is 1.39. The Balaban J connectivity index is 2.14. The lowest BCUT2D eigenvalue weighted by Crippen LogP contribution is -2.30. The standard InChI is InChI=1S/C7H12N2S/c1-2-6-4-8-5-10-7(6)9-3-1/h8-9H,1-5H2. The summed E-state index contributed by atoms with van der Waals surface area (Å²) in [6.45, 7) is 2.28. The lowest BCUT2D eigenvalue weighted by molar-refractivity contribution is 0.651. The molecule has 0 saturated heterocycles. The Morgan fingerprint density at radius 3 is 3.30 bits per heavy atom. The minimum absolute atomic E-state index is 1.08. The minimum atomic E-state index is 1.08. The van der Waals surface area contributed by atoms with Crippen LogP contribution in [0.15, 0.2) is 10.6 Å². The lowest BCUT2D eigenvalue weighted by Gasteiger charge is -2.25. The van der Waals surface area contributed by atoms with Crippen LogP contribution in [0.2, 0.25) is 0 Å². The number of rotatable bonds is 0. The fraction of sp³-hybridized carbons (Fsp3) is 0.714. The van der Waals surface area contributed by atoms with E-state index >= 15 is 0 Å². The average molecular weight is 156 g/mol. The molecule has 2 rings (SSSR count). The summed E-state index contributed by atoms with van der Waals surface area (Å²) < 4.78 is 0. The van der Waals surface area contributed by atoms with Crippen molar-refractivity contribution in [3.63, 3.8) is 0 Å². The Morgan fingerprint density at radius 2 is 2.40 bits per heavy atom. The molecule has 2 N–H and O–H groups in total. The average Bonchev–Trinajstić information content (AvgIpc) is 2.05. The molecule has 0 unspecified atom stereocenters. The van der Waals surface area contributed by atoms with Gasteiger partial charge in [-0.1, -0.05) is 11.8 Å². The molecule has 2 nitrogen and oxygen atoms in total. The van der Waals surface area contributed by atoms with E-state index in [1.54, 1.807) is 5.57 Å². The molecule has 0 aromatic carbocycles. The molecule has 0 spiro atoms. The van der Waals surface area contributed by atoms with Gasteiger partial charge in [0.1, 0.15) is 0 Å². The van der Waals surface area contributed by atoms with Crippen molar-refractivity contribution in [1.82, 2.24) is 10.6 Å². The van der Waals surface area contributed by atoms with Crippen LogP contribution in [0.3, 0.4) is 0 Å². The summed E-state index contributed by atoms with van der Waals surface area (Å²) in [5, 5.41) is 8.22. The molecule has 0 amide bonds. The zero-order chi connectivity index (χ0) is 6.81. The zero-order valence-electron chi connectivity index (χ0n) is 5.94. The first-order valence-electron chi connectivity index (χ1n) is 3.76. The van der Waals surface area contributed by atoms with E-state index in [9.17, 15) is 0 Å². The van der Waals surface area contributed by atoms with Crippen LogP contribution in [0.5, 0.6) is 0 Å². The maximum atomic E-state index is 3.42. The van der Waals surface area contributed by atoms with Crippen LogP contribution in [0.1, 0.15) is 12.8 Å². The maximum absolute atomic E-state index is 3.42. The molecule has 2 aliphatic heterocycles. The molecule has 2 aliphatic rings. The summed E-state index contributed by atoms with van der Waals surface area (Å²) in [6, 6.07) is 0. The van der Waals surface area contributed by atoms with E-state index < -0.39 is 0 Å². The molecule has 56 valence electrons. The highest BCUT2D eigenvalue weighted by Gasteiger charge is 2.15. The molecule has 0 atom stereocenters. The van der Waals surface area contributed by atoms with Crippen molar-refractivity contribution in [2.45, 2.75) is 12.8 Å². The molecule has 0 aliphatic carbocycles. The van der Waals surface area contributed by atoms with E-state index in [0.29, 0.717) is 0 Å². The van der Waals surface area contributed by atoms with Gasteiger partial charge in [-0.2, -0.15) is 0 Å². The SMILES string of the molecule is C1CNC2=C(C1)CNCS2. The summed E-state index contributed by atoms with van der Waals surface area (Å²) in [4.78, 5) is 0. The van der Waals surface area contributed by atoms with Crippen LogP contribution in [0.4, 0.5) is 0 Å². The van der Waals surface area contributed by atoms with Crippen molar-refractivity contribution in [2.24, 2.45) is 0 Å². The van der Waals surface area contributed by atoms with Gasteiger partial charge in [0.25, 0.3) is 0 Å². The summed E-state index contributed by atoms with van der Waals surface area (Å²) in [5.74, 6) is 1.08. The van der Waals surface area contributed by atoms with Crippen LogP contribution >= 0.6 is 11.8 Å². The van der Waals surface area contributed by atoms with Crippen LogP contribution in [0, 0.1) is 0 Å². The van der Waals surface area contributed by atoms with Gasteiger partial charge < -0.3 is 10.6 Å². The van der Waals surface area contributed by atoms with E-state index in [-0.39, 0.29) is 0 Å². The van der Waals surface area contributed by atoms with E-state index in [1.165, 1.54) is 24.4 Å². The predicted molar refractivity (Wildman–Crippen MR) is 44.7 cm³/mol. The normalized spacial score (nSPS) is 25.6. The van der Waals surface area contributed by atoms with Gasteiger partial charge in [-0.3, -0.25) is 0 Å². The van der Waals surface area contributed by atoms with Crippen LogP contribution in [-0.2, 0) is 0 Å². The Bertz CT molecular complexity index is 131. The molecule has 0 aromatic rings. The Kier molecular flexibility index (Phi) is 1.86. The third-order valence-electron chi connectivity index (χ3n) is 1.92. The fourth-order valence-corrected chi connectivity index (χ4v) is 2.32. The maximum Gasteiger partial charge on any atom is 0.0698 e. The first-order chi connectivity index (χ1) is 4.97. The molecule has 3 heteroatoms. The molecule has 0 saturated carbocycles. The monoisotopic (exact) mass is 156 g/mol. The van der Waals surface area contributed by atoms with Crippen LogP contribution < -0.4 is 10.6 Å². The molecule has 2 heterocycles. The predicted octanol–water partition coefficient (Wildman–Crippen LogP) is 0.875. The summed E-state index contributed by atoms with van der Waals surface area (Å²) in [7, 11) is 0. The largest absolute Gasteiger partial charge is 0.380 e. The van der Waals surface area contributed by atoms with Gasteiger partial charge in [0.15, 0.2) is 0 Å². The molecule has 0 aromatic heterocycles. The smallest absolute Gasteiger partial charge is 0.0698 e. The summed E-state index contributed by atoms with van der Waals surface area (Å²) in [6.07, 6.45) is 2.60. The van der Waals surface area contributed by atoms with Crippen LogP contribution in [-0.4, -0.2) is 19.0 Å². The van der Waals surface area contributed by atoms with Gasteiger partial charge in [0.2, 0.25) is 0 Å². The molecular formula is C7H12N2S. The molecule has 0 bridgehead atoms. The number of nitrogens with one attached hydrogen (secondary N) is 2. The second-order valence-electron chi connectivity index (χ2n) is 2.68. The van der Waals surface area contributed by atoms with Crippen molar-refractivity contribution in [3.05, 3.63) is 10.6 Å². The zero-order valence-corrected chi connectivity index (χ0v) is 6.76. The van der Waals surface area contributed by atoms with Crippen molar-refractivity contribution in [1.29, 1.82) is 0 Å². The van der Waals surface area contributed by atoms with E-state index in [1.807, 2.05) is 11.8 Å². The number of hydrogen-bond donors (Lipinski definition) is 2. The van der Waals surface area contributed by atoms with E-state index in [2.05, 4.69) is 10.6 Å². The second kappa shape index (κ2) is 2.84. The summed E-state index contributed by atoms with van der Waals surface area (Å²) in [5.41, 5.74) is 1.59. The molecule has 10 heavy (non-hydrogen) atoms. The first kappa shape index (κ1) is 6.55. The van der Waals surface area contributed by atoms with Gasteiger partial charge in [-0.25, -0.2) is 0 Å². The van der Waals surface area contributed by atoms with Crippen molar-refractivity contribution >= 4 is 11.8 Å². The van der Waals surface area contributed by atoms with E-state index in [0.717, 1.165) is 12.4 Å². The van der Waals surface area contributed by atoms with Crippen molar-refractivity contribution < 1.29 is 0 Å². The van der Waals surface area contributed by atoms with Gasteiger partial charge in [-0.05, 0) is 18.4 Å². The first-order valence-corrected chi connectivity index (χ1v) is 4.75. The number of hydrogen-bond acceptors (Lipinski definition) is 3. The number of thioether (sulfide) groups is 1. The highest BCUT2D eigenvalue weighted by Crippen LogP contribution is 2.25. The quantitative estimate of drug-likeness (QED) is 0.544. The summed E-state index contributed by atoms with van der Waals surface area (Å²) >= 11 is 1.90. The van der Waals surface area contributed by atoms with Crippen molar-refractivity contribution in [2.75, 3.05) is 19.0 Å². The third kappa shape index (κ3) is 1.16. The Morgan fingerprint density at radius 1 is 1.40 bits per heavy atom. The van der Waals surface area contributed by atoms with Gasteiger partial charge in [0, 0.05) is 19.0 Å². The van der Waals surface area contributed by atoms with Gasteiger partial charge in [-0.15, -0.1) is 0 Å². The van der Waals surface area contributed by atoms with Crippen molar-refractivity contribution in [3.8, 4) is 0 Å². The Labute approximate surface area is 65.5 Å². The molecule has 0 fully saturated rings. The highest BCUT2D eigenvalue weighted by molar-refractivity contribution is 8.03. The third-order valence-corrected chi connectivity index (χ3v) is 2.99. The lowest BCUT2D eigenvalue weighted by atomic mass is 10.1.